The molecule has 3 amide bonds. The van der Waals surface area contributed by atoms with Gasteiger partial charge in [-0.3, -0.25) is 4.79 Å². The van der Waals surface area contributed by atoms with Gasteiger partial charge in [0.1, 0.15) is 11.9 Å². The van der Waals surface area contributed by atoms with Crippen LogP contribution >= 0.6 is 15.9 Å². The molecule has 1 aromatic rings. The van der Waals surface area contributed by atoms with Crippen molar-refractivity contribution in [1.82, 2.24) is 5.32 Å². The van der Waals surface area contributed by atoms with E-state index in [1.807, 2.05) is 10.6 Å². The lowest BCUT2D eigenvalue weighted by molar-refractivity contribution is -0.140. The van der Waals surface area contributed by atoms with Gasteiger partial charge in [-0.15, -0.1) is 0 Å². The third kappa shape index (κ3) is 4.99. The predicted molar refractivity (Wildman–Crippen MR) is 71.4 cm³/mol. The Morgan fingerprint density at radius 2 is 1.95 bits per heavy atom. The number of anilines is 1. The van der Waals surface area contributed by atoms with Crippen molar-refractivity contribution in [2.24, 2.45) is 5.73 Å². The van der Waals surface area contributed by atoms with E-state index in [4.69, 9.17) is 10.8 Å². The van der Waals surface area contributed by atoms with E-state index in [1.54, 1.807) is 0 Å². The van der Waals surface area contributed by atoms with E-state index in [1.165, 1.54) is 0 Å². The number of carbonyl (C=O) groups excluding carboxylic acids is 2. The fraction of sp³-hybridized carbons (Fsp3) is 0.182. The van der Waals surface area contributed by atoms with Crippen molar-refractivity contribution in [1.29, 1.82) is 0 Å². The molecule has 0 saturated carbocycles. The van der Waals surface area contributed by atoms with Crippen molar-refractivity contribution in [3.63, 3.8) is 0 Å². The van der Waals surface area contributed by atoms with Gasteiger partial charge < -0.3 is 21.5 Å². The highest BCUT2D eigenvalue weighted by Gasteiger charge is 2.23. The molecule has 0 aliphatic heterocycles. The second-order valence-corrected chi connectivity index (χ2v) is 4.76. The molecule has 21 heavy (non-hydrogen) atoms. The molecule has 0 bridgehead atoms. The van der Waals surface area contributed by atoms with Crippen LogP contribution in [0.25, 0.3) is 0 Å². The van der Waals surface area contributed by atoms with E-state index in [9.17, 15) is 23.2 Å². The number of hydrogen-bond acceptors (Lipinski definition) is 3. The molecule has 5 N–H and O–H groups in total. The first-order chi connectivity index (χ1) is 9.70. The van der Waals surface area contributed by atoms with Crippen LogP contribution in [0.15, 0.2) is 16.6 Å². The molecule has 0 aliphatic carbocycles. The molecule has 0 saturated heterocycles. The smallest absolute Gasteiger partial charge is 0.326 e. The molecule has 0 radical (unpaired) electrons. The molecule has 114 valence electrons. The monoisotopic (exact) mass is 365 g/mol. The summed E-state index contributed by atoms with van der Waals surface area (Å²) in [5, 5.41) is 12.7. The maximum absolute atomic E-state index is 13.5. The van der Waals surface area contributed by atoms with Crippen LogP contribution in [0, 0.1) is 11.6 Å². The zero-order valence-corrected chi connectivity index (χ0v) is 11.9. The van der Waals surface area contributed by atoms with Crippen LogP contribution in [0.1, 0.15) is 6.42 Å². The van der Waals surface area contributed by atoms with Crippen LogP contribution in [-0.4, -0.2) is 29.1 Å². The van der Waals surface area contributed by atoms with Crippen LogP contribution in [0.4, 0.5) is 19.3 Å². The quantitative estimate of drug-likeness (QED) is 0.625. The first kappa shape index (κ1) is 16.8. The van der Waals surface area contributed by atoms with Gasteiger partial charge >= 0.3 is 12.0 Å². The standard InChI is InChI=1S/C11H10BrF2N3O4/c12-5-1-4(13)2-6(14)9(5)17-11(21)16-7(10(19)20)3-8(15)18/h1-2,7H,3H2,(H2,15,18)(H,19,20)(H2,16,17,21). The molecule has 0 aromatic heterocycles. The molecular formula is C11H10BrF2N3O4. The average molecular weight is 366 g/mol. The summed E-state index contributed by atoms with van der Waals surface area (Å²) in [6.07, 6.45) is -0.629. The van der Waals surface area contributed by atoms with Gasteiger partial charge in [-0.1, -0.05) is 0 Å². The zero-order chi connectivity index (χ0) is 16.2. The summed E-state index contributed by atoms with van der Waals surface area (Å²) < 4.78 is 26.3. The third-order valence-electron chi connectivity index (χ3n) is 2.25. The SMILES string of the molecule is NC(=O)CC(NC(=O)Nc1c(F)cc(F)cc1Br)C(=O)O. The number of urea groups is 1. The summed E-state index contributed by atoms with van der Waals surface area (Å²) in [6.45, 7) is 0. The minimum Gasteiger partial charge on any atom is -0.480 e. The number of carbonyl (C=O) groups is 3. The number of hydrogen-bond donors (Lipinski definition) is 4. The minimum atomic E-state index is -1.57. The Morgan fingerprint density at radius 3 is 2.43 bits per heavy atom. The lowest BCUT2D eigenvalue weighted by Crippen LogP contribution is -2.45. The first-order valence-electron chi connectivity index (χ1n) is 5.44. The van der Waals surface area contributed by atoms with Crippen molar-refractivity contribution in [2.75, 3.05) is 5.32 Å². The highest BCUT2D eigenvalue weighted by Crippen LogP contribution is 2.26. The molecule has 10 heteroatoms. The largest absolute Gasteiger partial charge is 0.480 e. The van der Waals surface area contributed by atoms with E-state index in [-0.39, 0.29) is 10.2 Å². The summed E-state index contributed by atoms with van der Waals surface area (Å²) in [6, 6.07) is -1.20. The number of primary amides is 1. The second-order valence-electron chi connectivity index (χ2n) is 3.90. The Balaban J connectivity index is 2.82. The van der Waals surface area contributed by atoms with Gasteiger partial charge in [-0.25, -0.2) is 18.4 Å². The topological polar surface area (TPSA) is 122 Å². The number of nitrogens with two attached hydrogens (primary N) is 1. The Labute approximate surface area is 125 Å². The average Bonchev–Trinajstić information content (AvgIpc) is 2.32. The molecule has 0 fully saturated rings. The number of carboxylic acid groups (broad SMARTS) is 1. The van der Waals surface area contributed by atoms with Crippen LogP contribution in [0.3, 0.4) is 0 Å². The summed E-state index contributed by atoms with van der Waals surface area (Å²) in [5.41, 5.74) is 4.46. The molecule has 7 nitrogen and oxygen atoms in total. The fourth-order valence-electron chi connectivity index (χ4n) is 1.37. The molecule has 1 atom stereocenters. The number of benzene rings is 1. The highest BCUT2D eigenvalue weighted by molar-refractivity contribution is 9.10. The van der Waals surface area contributed by atoms with Crippen LogP contribution in [0.2, 0.25) is 0 Å². The number of nitrogens with one attached hydrogen (secondary N) is 2. The maximum Gasteiger partial charge on any atom is 0.326 e. The molecule has 1 aromatic carbocycles. The van der Waals surface area contributed by atoms with Crippen LogP contribution in [-0.2, 0) is 9.59 Å². The third-order valence-corrected chi connectivity index (χ3v) is 2.88. The Bertz CT molecular complexity index is 574. The van der Waals surface area contributed by atoms with Crippen molar-refractivity contribution < 1.29 is 28.3 Å². The number of halogens is 3. The van der Waals surface area contributed by atoms with Gasteiger partial charge in [0.2, 0.25) is 5.91 Å². The Kier molecular flexibility index (Phi) is 5.59. The van der Waals surface area contributed by atoms with Gasteiger partial charge in [0.15, 0.2) is 5.82 Å². The van der Waals surface area contributed by atoms with E-state index in [0.29, 0.717) is 6.07 Å². The summed E-state index contributed by atoms with van der Waals surface area (Å²) in [4.78, 5) is 33.1. The lowest BCUT2D eigenvalue weighted by atomic mass is 10.2. The van der Waals surface area contributed by atoms with E-state index in [0.717, 1.165) is 6.07 Å². The van der Waals surface area contributed by atoms with Gasteiger partial charge in [-0.2, -0.15) is 0 Å². The fourth-order valence-corrected chi connectivity index (χ4v) is 1.88. The summed E-state index contributed by atoms with van der Waals surface area (Å²) in [7, 11) is 0. The van der Waals surface area contributed by atoms with Gasteiger partial charge in [-0.05, 0) is 22.0 Å². The lowest BCUT2D eigenvalue weighted by Gasteiger charge is -2.14. The summed E-state index contributed by atoms with van der Waals surface area (Å²) >= 11 is 2.85. The van der Waals surface area contributed by atoms with Crippen molar-refractivity contribution in [2.45, 2.75) is 12.5 Å². The molecule has 0 aliphatic rings. The molecule has 0 spiro atoms. The van der Waals surface area contributed by atoms with Crippen molar-refractivity contribution >= 4 is 39.5 Å². The van der Waals surface area contributed by atoms with Crippen LogP contribution < -0.4 is 16.4 Å². The number of carboxylic acids is 1. The molecule has 1 rings (SSSR count). The Hall–Kier alpha value is -2.23. The minimum absolute atomic E-state index is 0.0723. The summed E-state index contributed by atoms with van der Waals surface area (Å²) in [5.74, 6) is -4.33. The number of rotatable bonds is 5. The van der Waals surface area contributed by atoms with Gasteiger partial charge in [0.05, 0.1) is 12.1 Å². The van der Waals surface area contributed by atoms with Gasteiger partial charge in [0, 0.05) is 10.5 Å². The van der Waals surface area contributed by atoms with Gasteiger partial charge in [0.25, 0.3) is 0 Å². The van der Waals surface area contributed by atoms with Crippen molar-refractivity contribution in [3.8, 4) is 0 Å². The molecule has 1 unspecified atom stereocenters. The highest BCUT2D eigenvalue weighted by atomic mass is 79.9. The number of aliphatic carboxylic acids is 1. The van der Waals surface area contributed by atoms with Crippen molar-refractivity contribution in [3.05, 3.63) is 28.2 Å². The Morgan fingerprint density at radius 1 is 1.33 bits per heavy atom. The van der Waals surface area contributed by atoms with Crippen LogP contribution in [0.5, 0.6) is 0 Å². The predicted octanol–water partition coefficient (Wildman–Crippen LogP) is 1.18. The molecule has 0 heterocycles. The van der Waals surface area contributed by atoms with E-state index < -0.39 is 42.0 Å². The normalized spacial score (nSPS) is 11.6. The van der Waals surface area contributed by atoms with E-state index >= 15 is 0 Å². The molecular weight excluding hydrogens is 356 g/mol. The van der Waals surface area contributed by atoms with E-state index in [2.05, 4.69) is 15.9 Å². The second kappa shape index (κ2) is 6.97. The first-order valence-corrected chi connectivity index (χ1v) is 6.23. The maximum atomic E-state index is 13.5. The number of amides is 3. The zero-order valence-electron chi connectivity index (χ0n) is 10.3.